The van der Waals surface area contributed by atoms with Crippen LogP contribution < -0.4 is 0 Å². The summed E-state index contributed by atoms with van der Waals surface area (Å²) >= 11 is 0. The molecule has 0 unspecified atom stereocenters. The molecule has 0 saturated carbocycles. The zero-order valence-corrected chi connectivity index (χ0v) is 18.2. The van der Waals surface area contributed by atoms with Crippen molar-refractivity contribution in [1.29, 1.82) is 0 Å². The lowest BCUT2D eigenvalue weighted by atomic mass is 9.98. The standard InChI is InChI=1S/C24H34N2Si/c1-21(23-10-6-5-7-11-23)24-14-12-22(13-15-24)9-8-20-27(3,4)26-18-16-25(2)17-19-26/h5-7,10-15H,1,8-9,16-20H2,2-4H3. The van der Waals surface area contributed by atoms with E-state index >= 15 is 0 Å². The van der Waals surface area contributed by atoms with E-state index in [-0.39, 0.29) is 0 Å². The van der Waals surface area contributed by atoms with Gasteiger partial charge in [-0.15, -0.1) is 0 Å². The molecule has 0 N–H and O–H groups in total. The second-order valence-corrected chi connectivity index (χ2v) is 13.3. The van der Waals surface area contributed by atoms with Crippen LogP contribution in [0.3, 0.4) is 0 Å². The Hall–Kier alpha value is -1.68. The molecule has 0 aliphatic carbocycles. The number of benzene rings is 2. The second kappa shape index (κ2) is 9.00. The van der Waals surface area contributed by atoms with E-state index in [4.69, 9.17) is 0 Å². The molecule has 2 aromatic rings. The van der Waals surface area contributed by atoms with Gasteiger partial charge in [-0.25, -0.2) is 0 Å². The van der Waals surface area contributed by atoms with Crippen molar-refractivity contribution in [3.05, 3.63) is 77.9 Å². The van der Waals surface area contributed by atoms with Gasteiger partial charge in [-0.2, -0.15) is 0 Å². The predicted octanol–water partition coefficient (Wildman–Crippen LogP) is 5.13. The highest BCUT2D eigenvalue weighted by Gasteiger charge is 2.30. The monoisotopic (exact) mass is 378 g/mol. The fourth-order valence-corrected chi connectivity index (χ4v) is 6.74. The summed E-state index contributed by atoms with van der Waals surface area (Å²) in [6.07, 6.45) is 2.48. The fourth-order valence-electron chi connectivity index (χ4n) is 3.97. The molecule has 0 radical (unpaired) electrons. The van der Waals surface area contributed by atoms with E-state index in [2.05, 4.69) is 84.7 Å². The Morgan fingerprint density at radius 3 is 2.11 bits per heavy atom. The average Bonchev–Trinajstić information content (AvgIpc) is 2.69. The molecular formula is C24H34N2Si. The highest BCUT2D eigenvalue weighted by molar-refractivity contribution is 6.74. The maximum Gasteiger partial charge on any atom is 0.122 e. The van der Waals surface area contributed by atoms with Crippen molar-refractivity contribution in [2.45, 2.75) is 32.0 Å². The van der Waals surface area contributed by atoms with Crippen LogP contribution in [0.5, 0.6) is 0 Å². The van der Waals surface area contributed by atoms with Gasteiger partial charge in [0, 0.05) is 26.2 Å². The first kappa shape index (κ1) is 20.1. The summed E-state index contributed by atoms with van der Waals surface area (Å²) in [4.78, 5) is 2.45. The molecule has 2 nitrogen and oxygen atoms in total. The molecule has 0 amide bonds. The van der Waals surface area contributed by atoms with Crippen LogP contribution in [-0.2, 0) is 6.42 Å². The number of nitrogens with zero attached hydrogens (tertiary/aromatic N) is 2. The molecule has 3 rings (SSSR count). The summed E-state index contributed by atoms with van der Waals surface area (Å²) in [6.45, 7) is 14.3. The molecule has 0 bridgehead atoms. The SMILES string of the molecule is C=C(c1ccccc1)c1ccc(CCC[Si](C)(C)N2CCN(C)CC2)cc1. The number of hydrogen-bond donors (Lipinski definition) is 0. The van der Waals surface area contributed by atoms with Crippen molar-refractivity contribution >= 4 is 13.8 Å². The van der Waals surface area contributed by atoms with E-state index in [9.17, 15) is 0 Å². The number of piperazine rings is 1. The largest absolute Gasteiger partial charge is 0.321 e. The Morgan fingerprint density at radius 1 is 0.889 bits per heavy atom. The minimum atomic E-state index is -1.27. The van der Waals surface area contributed by atoms with E-state index in [1.807, 2.05) is 6.07 Å². The van der Waals surface area contributed by atoms with Crippen LogP contribution in [0.1, 0.15) is 23.1 Å². The molecule has 144 valence electrons. The highest BCUT2D eigenvalue weighted by atomic mass is 28.3. The van der Waals surface area contributed by atoms with E-state index < -0.39 is 8.24 Å². The van der Waals surface area contributed by atoms with Crippen LogP contribution in [0.25, 0.3) is 5.57 Å². The minimum Gasteiger partial charge on any atom is -0.321 e. The van der Waals surface area contributed by atoms with Gasteiger partial charge in [0.15, 0.2) is 0 Å². The molecule has 3 heteroatoms. The summed E-state index contributed by atoms with van der Waals surface area (Å²) in [6, 6.07) is 20.9. The minimum absolute atomic E-state index is 1.10. The Bertz CT molecular complexity index is 729. The van der Waals surface area contributed by atoms with Crippen molar-refractivity contribution in [3.8, 4) is 0 Å². The van der Waals surface area contributed by atoms with E-state index in [0.717, 1.165) is 5.57 Å². The van der Waals surface area contributed by atoms with Crippen LogP contribution in [-0.4, -0.2) is 50.9 Å². The maximum absolute atomic E-state index is 4.27. The highest BCUT2D eigenvalue weighted by Crippen LogP contribution is 2.23. The summed E-state index contributed by atoms with van der Waals surface area (Å²) in [7, 11) is 0.972. The summed E-state index contributed by atoms with van der Waals surface area (Å²) < 4.78 is 2.81. The normalized spacial score (nSPS) is 16.4. The Balaban J connectivity index is 1.51. The first-order valence-corrected chi connectivity index (χ1v) is 13.4. The predicted molar refractivity (Wildman–Crippen MR) is 121 cm³/mol. The van der Waals surface area contributed by atoms with Crippen molar-refractivity contribution in [2.24, 2.45) is 0 Å². The van der Waals surface area contributed by atoms with Gasteiger partial charge in [-0.05, 0) is 41.8 Å². The Labute approximate surface area is 166 Å². The molecule has 1 aliphatic heterocycles. The van der Waals surface area contributed by atoms with Gasteiger partial charge in [0.25, 0.3) is 0 Å². The summed E-state index contributed by atoms with van der Waals surface area (Å²) in [5.74, 6) is 0. The molecule has 1 aliphatic rings. The first-order valence-electron chi connectivity index (χ1n) is 10.2. The van der Waals surface area contributed by atoms with Crippen LogP contribution >= 0.6 is 0 Å². The Morgan fingerprint density at radius 2 is 1.48 bits per heavy atom. The van der Waals surface area contributed by atoms with Gasteiger partial charge < -0.3 is 9.47 Å². The zero-order chi connectivity index (χ0) is 19.3. The van der Waals surface area contributed by atoms with Crippen molar-refractivity contribution in [1.82, 2.24) is 9.47 Å². The van der Waals surface area contributed by atoms with Crippen LogP contribution in [0, 0.1) is 0 Å². The molecule has 0 spiro atoms. The second-order valence-electron chi connectivity index (χ2n) is 8.50. The lowest BCUT2D eigenvalue weighted by Crippen LogP contribution is -2.56. The molecule has 0 aromatic heterocycles. The summed E-state index contributed by atoms with van der Waals surface area (Å²) in [5, 5.41) is 0. The lowest BCUT2D eigenvalue weighted by Gasteiger charge is -2.42. The van der Waals surface area contributed by atoms with Gasteiger partial charge in [0.05, 0.1) is 0 Å². The van der Waals surface area contributed by atoms with Gasteiger partial charge >= 0.3 is 0 Å². The third-order valence-corrected chi connectivity index (χ3v) is 9.77. The van der Waals surface area contributed by atoms with E-state index in [1.165, 1.54) is 61.8 Å². The quantitative estimate of drug-likeness (QED) is 0.616. The fraction of sp³-hybridized carbons (Fsp3) is 0.417. The number of likely N-dealkylation sites (N-methyl/N-ethyl adjacent to an activating group) is 1. The van der Waals surface area contributed by atoms with Crippen LogP contribution in [0.15, 0.2) is 61.2 Å². The van der Waals surface area contributed by atoms with Gasteiger partial charge in [0.2, 0.25) is 0 Å². The maximum atomic E-state index is 4.27. The molecule has 1 saturated heterocycles. The third-order valence-electron chi connectivity index (χ3n) is 6.04. The molecule has 0 atom stereocenters. The zero-order valence-electron chi connectivity index (χ0n) is 17.2. The average molecular weight is 379 g/mol. The molecule has 27 heavy (non-hydrogen) atoms. The summed E-state index contributed by atoms with van der Waals surface area (Å²) in [5.41, 5.74) is 4.97. The third kappa shape index (κ3) is 5.41. The number of aryl methyl sites for hydroxylation is 1. The van der Waals surface area contributed by atoms with Crippen molar-refractivity contribution in [3.63, 3.8) is 0 Å². The Kier molecular flexibility index (Phi) is 6.69. The van der Waals surface area contributed by atoms with Crippen molar-refractivity contribution in [2.75, 3.05) is 33.2 Å². The van der Waals surface area contributed by atoms with Crippen molar-refractivity contribution < 1.29 is 0 Å². The van der Waals surface area contributed by atoms with Gasteiger partial charge in [-0.1, -0.05) is 80.7 Å². The molecule has 2 aromatic carbocycles. The number of rotatable bonds is 7. The van der Waals surface area contributed by atoms with E-state index in [1.54, 1.807) is 0 Å². The van der Waals surface area contributed by atoms with Crippen LogP contribution in [0.2, 0.25) is 19.1 Å². The first-order chi connectivity index (χ1) is 13.0. The molecular weight excluding hydrogens is 344 g/mol. The number of hydrogen-bond acceptors (Lipinski definition) is 2. The van der Waals surface area contributed by atoms with Crippen LogP contribution in [0.4, 0.5) is 0 Å². The lowest BCUT2D eigenvalue weighted by molar-refractivity contribution is 0.216. The smallest absolute Gasteiger partial charge is 0.122 e. The van der Waals surface area contributed by atoms with Gasteiger partial charge in [0.1, 0.15) is 8.24 Å². The molecule has 1 heterocycles. The van der Waals surface area contributed by atoms with E-state index in [0.29, 0.717) is 0 Å². The topological polar surface area (TPSA) is 6.48 Å². The van der Waals surface area contributed by atoms with Gasteiger partial charge in [-0.3, -0.25) is 0 Å². The molecule has 1 fully saturated rings.